The van der Waals surface area contributed by atoms with Crippen LogP contribution in [0.3, 0.4) is 0 Å². The maximum Gasteiger partial charge on any atom is 0.227 e. The lowest BCUT2D eigenvalue weighted by Gasteiger charge is -2.18. The van der Waals surface area contributed by atoms with Gasteiger partial charge in [0, 0.05) is 19.0 Å². The molecule has 1 saturated heterocycles. The van der Waals surface area contributed by atoms with Crippen LogP contribution in [0.1, 0.15) is 37.9 Å². The average Bonchev–Trinajstić information content (AvgIpc) is 2.65. The Morgan fingerprint density at radius 3 is 3.00 bits per heavy atom. The molecule has 1 aromatic heterocycles. The van der Waals surface area contributed by atoms with Crippen molar-refractivity contribution in [3.63, 3.8) is 0 Å². The molecule has 0 aliphatic carbocycles. The molecule has 1 atom stereocenters. The molecule has 102 valence electrons. The fourth-order valence-electron chi connectivity index (χ4n) is 2.50. The molecule has 5 nitrogen and oxygen atoms in total. The van der Waals surface area contributed by atoms with Crippen LogP contribution in [-0.2, 0) is 6.42 Å². The third-order valence-electron chi connectivity index (χ3n) is 3.61. The molecule has 0 bridgehead atoms. The van der Waals surface area contributed by atoms with E-state index >= 15 is 0 Å². The second-order valence-corrected chi connectivity index (χ2v) is 5.00. The first kappa shape index (κ1) is 13.5. The van der Waals surface area contributed by atoms with E-state index in [0.717, 1.165) is 24.7 Å². The summed E-state index contributed by atoms with van der Waals surface area (Å²) in [6.45, 7) is 8.66. The molecule has 2 heterocycles. The Labute approximate surface area is 109 Å². The van der Waals surface area contributed by atoms with Gasteiger partial charge in [-0.1, -0.05) is 12.1 Å². The van der Waals surface area contributed by atoms with Gasteiger partial charge in [0.25, 0.3) is 0 Å². The molecule has 0 aromatic carbocycles. The number of hydrogen-bond donors (Lipinski definition) is 1. The van der Waals surface area contributed by atoms with Gasteiger partial charge in [-0.25, -0.2) is 0 Å². The van der Waals surface area contributed by atoms with Crippen LogP contribution in [0.5, 0.6) is 0 Å². The Balaban J connectivity index is 1.67. The molecule has 1 aromatic rings. The van der Waals surface area contributed by atoms with Gasteiger partial charge in [0.05, 0.1) is 0 Å². The highest BCUT2D eigenvalue weighted by Crippen LogP contribution is 2.10. The fraction of sp³-hybridized carbons (Fsp3) is 0.846. The predicted octanol–water partition coefficient (Wildman–Crippen LogP) is 1.38. The first-order chi connectivity index (χ1) is 8.78. The maximum atomic E-state index is 5.10. The van der Waals surface area contributed by atoms with Crippen molar-refractivity contribution in [2.45, 2.75) is 45.6 Å². The van der Waals surface area contributed by atoms with Crippen LogP contribution >= 0.6 is 0 Å². The molecule has 2 rings (SSSR count). The summed E-state index contributed by atoms with van der Waals surface area (Å²) in [6, 6.07) is 0.644. The van der Waals surface area contributed by atoms with E-state index < -0.39 is 0 Å². The molecule has 0 saturated carbocycles. The zero-order chi connectivity index (χ0) is 12.8. The van der Waals surface area contributed by atoms with Crippen molar-refractivity contribution in [1.29, 1.82) is 0 Å². The molecule has 1 aliphatic heterocycles. The second kappa shape index (κ2) is 6.85. The molecule has 0 amide bonds. The number of likely N-dealkylation sites (tertiary alicyclic amines) is 1. The quantitative estimate of drug-likeness (QED) is 0.858. The summed E-state index contributed by atoms with van der Waals surface area (Å²) in [4.78, 5) is 6.74. The lowest BCUT2D eigenvalue weighted by molar-refractivity contribution is 0.297. The zero-order valence-electron chi connectivity index (χ0n) is 11.5. The normalized spacial score (nSPS) is 22.0. The van der Waals surface area contributed by atoms with E-state index in [0.29, 0.717) is 6.04 Å². The Kier molecular flexibility index (Phi) is 5.13. The summed E-state index contributed by atoms with van der Waals surface area (Å²) < 4.78 is 5.10. The number of nitrogens with one attached hydrogen (secondary N) is 1. The molecule has 18 heavy (non-hydrogen) atoms. The van der Waals surface area contributed by atoms with Crippen molar-refractivity contribution in [3.8, 4) is 0 Å². The lowest BCUT2D eigenvalue weighted by atomic mass is 10.1. The Hall–Kier alpha value is -0.940. The molecule has 1 N–H and O–H groups in total. The number of aromatic nitrogens is 2. The van der Waals surface area contributed by atoms with Gasteiger partial charge < -0.3 is 14.7 Å². The van der Waals surface area contributed by atoms with E-state index in [-0.39, 0.29) is 0 Å². The monoisotopic (exact) mass is 252 g/mol. The van der Waals surface area contributed by atoms with E-state index in [1.54, 1.807) is 0 Å². The van der Waals surface area contributed by atoms with Crippen molar-refractivity contribution < 1.29 is 4.52 Å². The highest BCUT2D eigenvalue weighted by atomic mass is 16.5. The van der Waals surface area contributed by atoms with Crippen LogP contribution in [0.2, 0.25) is 0 Å². The largest absolute Gasteiger partial charge is 0.339 e. The molecule has 0 spiro atoms. The summed E-state index contributed by atoms with van der Waals surface area (Å²) in [5.74, 6) is 1.46. The average molecular weight is 252 g/mol. The first-order valence-electron chi connectivity index (χ1n) is 7.03. The van der Waals surface area contributed by atoms with E-state index in [1.165, 1.54) is 38.9 Å². The van der Waals surface area contributed by atoms with Gasteiger partial charge in [-0.3, -0.25) is 0 Å². The van der Waals surface area contributed by atoms with Crippen LogP contribution in [0.25, 0.3) is 0 Å². The Morgan fingerprint density at radius 2 is 2.28 bits per heavy atom. The number of hydrogen-bond acceptors (Lipinski definition) is 5. The highest BCUT2D eigenvalue weighted by Gasteiger charge is 2.15. The van der Waals surface area contributed by atoms with Gasteiger partial charge in [0.15, 0.2) is 5.82 Å². The van der Waals surface area contributed by atoms with Crippen molar-refractivity contribution in [2.75, 3.05) is 26.2 Å². The highest BCUT2D eigenvalue weighted by molar-refractivity contribution is 4.84. The van der Waals surface area contributed by atoms with Gasteiger partial charge in [0.1, 0.15) is 0 Å². The SMILES string of the molecule is CCN1CCCC(NCCc2nc(C)no2)CC1. The van der Waals surface area contributed by atoms with E-state index in [4.69, 9.17) is 4.52 Å². The smallest absolute Gasteiger partial charge is 0.227 e. The minimum atomic E-state index is 0.644. The first-order valence-corrected chi connectivity index (χ1v) is 7.03. The second-order valence-electron chi connectivity index (χ2n) is 5.00. The summed E-state index contributed by atoms with van der Waals surface area (Å²) in [5, 5.41) is 7.41. The predicted molar refractivity (Wildman–Crippen MR) is 70.5 cm³/mol. The van der Waals surface area contributed by atoms with Crippen LogP contribution in [0, 0.1) is 6.92 Å². The Morgan fingerprint density at radius 1 is 1.39 bits per heavy atom. The third kappa shape index (κ3) is 4.07. The number of nitrogens with zero attached hydrogens (tertiary/aromatic N) is 3. The zero-order valence-corrected chi connectivity index (χ0v) is 11.5. The summed E-state index contributed by atoms with van der Waals surface area (Å²) in [6.07, 6.45) is 4.65. The van der Waals surface area contributed by atoms with Crippen molar-refractivity contribution >= 4 is 0 Å². The minimum absolute atomic E-state index is 0.644. The standard InChI is InChI=1S/C13H24N4O/c1-3-17-9-4-5-12(7-10-17)14-8-6-13-15-11(2)16-18-13/h12,14H,3-10H2,1-2H3. The van der Waals surface area contributed by atoms with Gasteiger partial charge in [-0.2, -0.15) is 4.98 Å². The molecule has 0 radical (unpaired) electrons. The lowest BCUT2D eigenvalue weighted by Crippen LogP contribution is -2.32. The van der Waals surface area contributed by atoms with Crippen molar-refractivity contribution in [2.24, 2.45) is 0 Å². The van der Waals surface area contributed by atoms with Crippen LogP contribution in [0.15, 0.2) is 4.52 Å². The van der Waals surface area contributed by atoms with E-state index in [1.807, 2.05) is 6.92 Å². The van der Waals surface area contributed by atoms with Gasteiger partial charge in [-0.05, 0) is 45.8 Å². The van der Waals surface area contributed by atoms with Gasteiger partial charge in [0.2, 0.25) is 5.89 Å². The van der Waals surface area contributed by atoms with E-state index in [2.05, 4.69) is 27.3 Å². The summed E-state index contributed by atoms with van der Waals surface area (Å²) in [5.41, 5.74) is 0. The third-order valence-corrected chi connectivity index (χ3v) is 3.61. The molecular formula is C13H24N4O. The van der Waals surface area contributed by atoms with Gasteiger partial charge in [-0.15, -0.1) is 0 Å². The summed E-state index contributed by atoms with van der Waals surface area (Å²) in [7, 11) is 0. The number of aryl methyl sites for hydroxylation is 1. The molecule has 1 unspecified atom stereocenters. The van der Waals surface area contributed by atoms with Crippen LogP contribution in [0.4, 0.5) is 0 Å². The van der Waals surface area contributed by atoms with Crippen LogP contribution in [-0.4, -0.2) is 47.3 Å². The molecule has 1 aliphatic rings. The topological polar surface area (TPSA) is 54.2 Å². The number of rotatable bonds is 5. The summed E-state index contributed by atoms with van der Waals surface area (Å²) >= 11 is 0. The minimum Gasteiger partial charge on any atom is -0.339 e. The maximum absolute atomic E-state index is 5.10. The fourth-order valence-corrected chi connectivity index (χ4v) is 2.50. The van der Waals surface area contributed by atoms with Crippen molar-refractivity contribution in [3.05, 3.63) is 11.7 Å². The molecular weight excluding hydrogens is 228 g/mol. The van der Waals surface area contributed by atoms with Gasteiger partial charge >= 0.3 is 0 Å². The van der Waals surface area contributed by atoms with Crippen molar-refractivity contribution in [1.82, 2.24) is 20.4 Å². The van der Waals surface area contributed by atoms with E-state index in [9.17, 15) is 0 Å². The molecule has 5 heteroatoms. The molecule has 1 fully saturated rings. The van der Waals surface area contributed by atoms with Crippen LogP contribution < -0.4 is 5.32 Å². The Bertz CT molecular complexity index is 353.